The summed E-state index contributed by atoms with van der Waals surface area (Å²) in [6.07, 6.45) is 3.81. The smallest absolute Gasteiger partial charge is 0.303 e. The largest absolute Gasteiger partial charge is 0.481 e. The fraction of sp³-hybridized carbons (Fsp3) is 0.667. The quantitative estimate of drug-likeness (QED) is 0.748. The molecule has 0 saturated heterocycles. The first-order valence-electron chi connectivity index (χ1n) is 6.04. The highest BCUT2D eigenvalue weighted by Gasteiger charge is 2.06. The van der Waals surface area contributed by atoms with Crippen LogP contribution in [-0.2, 0) is 17.9 Å². The molecular formula is C12H21N3O2. The van der Waals surface area contributed by atoms with Crippen molar-refractivity contribution in [3.63, 3.8) is 0 Å². The van der Waals surface area contributed by atoms with Crippen molar-refractivity contribution >= 4 is 5.97 Å². The molecule has 0 spiro atoms. The number of rotatable bonds is 8. The summed E-state index contributed by atoms with van der Waals surface area (Å²) in [4.78, 5) is 12.5. The van der Waals surface area contributed by atoms with Gasteiger partial charge in [-0.1, -0.05) is 6.92 Å². The number of hydrogen-bond acceptors (Lipinski definition) is 3. The molecule has 1 heterocycles. The molecule has 0 fully saturated rings. The summed E-state index contributed by atoms with van der Waals surface area (Å²) in [5.41, 5.74) is 1.18. The Hall–Kier alpha value is -1.36. The number of aliphatic carboxylic acids is 1. The van der Waals surface area contributed by atoms with E-state index in [9.17, 15) is 4.79 Å². The number of carbonyl (C=O) groups is 1. The van der Waals surface area contributed by atoms with Gasteiger partial charge in [0.1, 0.15) is 0 Å². The van der Waals surface area contributed by atoms with E-state index in [0.717, 1.165) is 26.1 Å². The lowest BCUT2D eigenvalue weighted by Gasteiger charge is -2.16. The molecule has 0 aromatic carbocycles. The molecule has 1 aromatic rings. The van der Waals surface area contributed by atoms with Crippen LogP contribution < -0.4 is 0 Å². The second-order valence-corrected chi connectivity index (χ2v) is 4.28. The van der Waals surface area contributed by atoms with Gasteiger partial charge < -0.3 is 10.0 Å². The highest BCUT2D eigenvalue weighted by molar-refractivity contribution is 5.66. The molecule has 1 aromatic heterocycles. The van der Waals surface area contributed by atoms with Gasteiger partial charge in [0.05, 0.1) is 5.69 Å². The van der Waals surface area contributed by atoms with E-state index in [0.29, 0.717) is 6.42 Å². The van der Waals surface area contributed by atoms with E-state index in [1.165, 1.54) is 5.69 Å². The molecule has 0 bridgehead atoms. The Morgan fingerprint density at radius 1 is 1.59 bits per heavy atom. The van der Waals surface area contributed by atoms with Gasteiger partial charge in [-0.2, -0.15) is 5.10 Å². The first kappa shape index (κ1) is 13.7. The Kier molecular flexibility index (Phi) is 5.69. The Bertz CT molecular complexity index is 349. The number of carboxylic acids is 1. The molecule has 17 heavy (non-hydrogen) atoms. The second-order valence-electron chi connectivity index (χ2n) is 4.28. The van der Waals surface area contributed by atoms with Crippen molar-refractivity contribution in [3.05, 3.63) is 18.0 Å². The van der Waals surface area contributed by atoms with E-state index < -0.39 is 5.97 Å². The topological polar surface area (TPSA) is 58.4 Å². The summed E-state index contributed by atoms with van der Waals surface area (Å²) >= 11 is 0. The maximum absolute atomic E-state index is 10.4. The van der Waals surface area contributed by atoms with Gasteiger partial charge in [0.15, 0.2) is 0 Å². The summed E-state index contributed by atoms with van der Waals surface area (Å²) in [5.74, 6) is -0.727. The number of carboxylic acid groups (broad SMARTS) is 1. The van der Waals surface area contributed by atoms with Gasteiger partial charge in [0.2, 0.25) is 0 Å². The third-order valence-corrected chi connectivity index (χ3v) is 2.60. The van der Waals surface area contributed by atoms with Crippen LogP contribution in [0.2, 0.25) is 0 Å². The average Bonchev–Trinajstić information content (AvgIpc) is 2.66. The first-order valence-corrected chi connectivity index (χ1v) is 6.04. The Labute approximate surface area is 102 Å². The minimum atomic E-state index is -0.727. The second kappa shape index (κ2) is 7.06. The van der Waals surface area contributed by atoms with E-state index in [-0.39, 0.29) is 6.42 Å². The van der Waals surface area contributed by atoms with Crippen molar-refractivity contribution in [2.24, 2.45) is 0 Å². The van der Waals surface area contributed by atoms with Crippen molar-refractivity contribution in [2.45, 2.75) is 39.3 Å². The molecular weight excluding hydrogens is 218 g/mol. The maximum atomic E-state index is 10.4. The number of aromatic nitrogens is 2. The Morgan fingerprint density at radius 2 is 2.35 bits per heavy atom. The SMILES string of the molecule is CCCn1nccc1CN(C)CCCC(=O)O. The molecule has 5 heteroatoms. The monoisotopic (exact) mass is 239 g/mol. The van der Waals surface area contributed by atoms with Crippen LogP contribution >= 0.6 is 0 Å². The third kappa shape index (κ3) is 4.99. The molecule has 1 rings (SSSR count). The minimum Gasteiger partial charge on any atom is -0.481 e. The predicted octanol–water partition coefficient (Wildman–Crippen LogP) is 1.59. The highest BCUT2D eigenvalue weighted by atomic mass is 16.4. The molecule has 1 N–H and O–H groups in total. The van der Waals surface area contributed by atoms with E-state index in [1.54, 1.807) is 0 Å². The van der Waals surface area contributed by atoms with Gasteiger partial charge >= 0.3 is 5.97 Å². The molecule has 0 aliphatic carbocycles. The summed E-state index contributed by atoms with van der Waals surface area (Å²) in [5, 5.41) is 12.8. The summed E-state index contributed by atoms with van der Waals surface area (Å²) in [7, 11) is 2.01. The first-order chi connectivity index (χ1) is 8.13. The van der Waals surface area contributed by atoms with Crippen molar-refractivity contribution in [3.8, 4) is 0 Å². The maximum Gasteiger partial charge on any atom is 0.303 e. The van der Waals surface area contributed by atoms with Crippen molar-refractivity contribution in [1.29, 1.82) is 0 Å². The number of nitrogens with zero attached hydrogens (tertiary/aromatic N) is 3. The normalized spacial score (nSPS) is 11.0. The molecule has 0 aliphatic heterocycles. The molecule has 0 aliphatic rings. The van der Waals surface area contributed by atoms with Crippen molar-refractivity contribution in [1.82, 2.24) is 14.7 Å². The van der Waals surface area contributed by atoms with Crippen molar-refractivity contribution < 1.29 is 9.90 Å². The van der Waals surface area contributed by atoms with Crippen LogP contribution in [0, 0.1) is 0 Å². The van der Waals surface area contributed by atoms with Gasteiger partial charge in [0, 0.05) is 25.7 Å². The van der Waals surface area contributed by atoms with Crippen LogP contribution in [0.25, 0.3) is 0 Å². The van der Waals surface area contributed by atoms with Crippen LogP contribution in [0.15, 0.2) is 12.3 Å². The summed E-state index contributed by atoms with van der Waals surface area (Å²) < 4.78 is 2.01. The number of hydrogen-bond donors (Lipinski definition) is 1. The molecule has 0 amide bonds. The van der Waals surface area contributed by atoms with Crippen LogP contribution in [0.5, 0.6) is 0 Å². The van der Waals surface area contributed by atoms with Gasteiger partial charge in [-0.25, -0.2) is 0 Å². The standard InChI is InChI=1S/C12H21N3O2/c1-3-8-15-11(6-7-13-15)10-14(2)9-4-5-12(16)17/h6-7H,3-5,8-10H2,1-2H3,(H,16,17). The van der Waals surface area contributed by atoms with Gasteiger partial charge in [0.25, 0.3) is 0 Å². The van der Waals surface area contributed by atoms with Crippen molar-refractivity contribution in [2.75, 3.05) is 13.6 Å². The van der Waals surface area contributed by atoms with Gasteiger partial charge in [-0.05, 0) is 32.5 Å². The predicted molar refractivity (Wildman–Crippen MR) is 65.7 cm³/mol. The van der Waals surface area contributed by atoms with Crippen LogP contribution in [0.4, 0.5) is 0 Å². The van der Waals surface area contributed by atoms with Crippen LogP contribution in [0.1, 0.15) is 31.9 Å². The van der Waals surface area contributed by atoms with Gasteiger partial charge in [-0.15, -0.1) is 0 Å². The molecule has 5 nitrogen and oxygen atoms in total. The van der Waals surface area contributed by atoms with E-state index in [2.05, 4.69) is 16.9 Å². The summed E-state index contributed by atoms with van der Waals surface area (Å²) in [6, 6.07) is 2.02. The Morgan fingerprint density at radius 3 is 3.00 bits per heavy atom. The molecule has 0 radical (unpaired) electrons. The van der Waals surface area contributed by atoms with E-state index >= 15 is 0 Å². The molecule has 0 atom stereocenters. The fourth-order valence-corrected chi connectivity index (χ4v) is 1.76. The molecule has 0 saturated carbocycles. The lowest BCUT2D eigenvalue weighted by Crippen LogP contribution is -2.22. The molecule has 96 valence electrons. The van der Waals surface area contributed by atoms with Gasteiger partial charge in [-0.3, -0.25) is 9.48 Å². The Balaban J connectivity index is 2.36. The zero-order valence-corrected chi connectivity index (χ0v) is 10.6. The van der Waals surface area contributed by atoms with E-state index in [4.69, 9.17) is 5.11 Å². The fourth-order valence-electron chi connectivity index (χ4n) is 1.76. The number of aryl methyl sites for hydroxylation is 1. The zero-order chi connectivity index (χ0) is 12.7. The third-order valence-electron chi connectivity index (χ3n) is 2.60. The lowest BCUT2D eigenvalue weighted by molar-refractivity contribution is -0.137. The zero-order valence-electron chi connectivity index (χ0n) is 10.6. The summed E-state index contributed by atoms with van der Waals surface area (Å²) in [6.45, 7) is 4.68. The lowest BCUT2D eigenvalue weighted by atomic mass is 10.3. The minimum absolute atomic E-state index is 0.235. The van der Waals surface area contributed by atoms with Crippen LogP contribution in [0.3, 0.4) is 0 Å². The highest BCUT2D eigenvalue weighted by Crippen LogP contribution is 2.05. The van der Waals surface area contributed by atoms with Crippen LogP contribution in [-0.4, -0.2) is 39.3 Å². The molecule has 0 unspecified atom stereocenters. The average molecular weight is 239 g/mol. The van der Waals surface area contributed by atoms with E-state index in [1.807, 2.05) is 24.0 Å².